The lowest BCUT2D eigenvalue weighted by Crippen LogP contribution is -2.20. The van der Waals surface area contributed by atoms with Crippen LogP contribution in [0.15, 0.2) is 24.4 Å². The van der Waals surface area contributed by atoms with Crippen molar-refractivity contribution >= 4 is 17.4 Å². The number of rotatable bonds is 2. The number of aromatic nitrogens is 1. The summed E-state index contributed by atoms with van der Waals surface area (Å²) in [6.45, 7) is 1.68. The Kier molecular flexibility index (Phi) is 2.70. The molecule has 1 aliphatic rings. The van der Waals surface area contributed by atoms with Crippen LogP contribution in [0.5, 0.6) is 0 Å². The van der Waals surface area contributed by atoms with Crippen LogP contribution in [0.3, 0.4) is 0 Å². The Morgan fingerprint density at radius 2 is 2.14 bits per heavy atom. The van der Waals surface area contributed by atoms with Crippen LogP contribution in [0.1, 0.15) is 5.56 Å². The SMILES string of the molecule is OCc1cnc(N2CC=CC2)c(Cl)c1. The van der Waals surface area contributed by atoms with Crippen LogP contribution < -0.4 is 4.90 Å². The molecule has 1 aromatic heterocycles. The highest BCUT2D eigenvalue weighted by Crippen LogP contribution is 2.25. The lowest BCUT2D eigenvalue weighted by Gasteiger charge is -2.17. The molecule has 0 saturated heterocycles. The van der Waals surface area contributed by atoms with Crippen LogP contribution in [-0.4, -0.2) is 23.2 Å². The zero-order chi connectivity index (χ0) is 9.97. The Morgan fingerprint density at radius 1 is 1.43 bits per heavy atom. The van der Waals surface area contributed by atoms with Crippen molar-refractivity contribution in [1.29, 1.82) is 0 Å². The monoisotopic (exact) mass is 210 g/mol. The maximum atomic E-state index is 8.89. The van der Waals surface area contributed by atoms with Gasteiger partial charge in [0.05, 0.1) is 11.6 Å². The van der Waals surface area contributed by atoms with E-state index in [-0.39, 0.29) is 6.61 Å². The second-order valence-electron chi connectivity index (χ2n) is 3.18. The van der Waals surface area contributed by atoms with Crippen molar-refractivity contribution < 1.29 is 5.11 Å². The first-order valence-electron chi connectivity index (χ1n) is 4.46. The van der Waals surface area contributed by atoms with Crippen LogP contribution in [0, 0.1) is 0 Å². The number of aliphatic hydroxyl groups excluding tert-OH is 1. The van der Waals surface area contributed by atoms with Gasteiger partial charge >= 0.3 is 0 Å². The molecule has 0 fully saturated rings. The molecule has 1 aliphatic heterocycles. The van der Waals surface area contributed by atoms with Gasteiger partial charge in [-0.2, -0.15) is 0 Å². The van der Waals surface area contributed by atoms with Gasteiger partial charge in [0.15, 0.2) is 0 Å². The van der Waals surface area contributed by atoms with E-state index >= 15 is 0 Å². The van der Waals surface area contributed by atoms with E-state index in [1.807, 2.05) is 0 Å². The van der Waals surface area contributed by atoms with E-state index < -0.39 is 0 Å². The number of halogens is 1. The highest BCUT2D eigenvalue weighted by Gasteiger charge is 2.12. The minimum Gasteiger partial charge on any atom is -0.392 e. The van der Waals surface area contributed by atoms with E-state index in [4.69, 9.17) is 16.7 Å². The topological polar surface area (TPSA) is 36.4 Å². The molecule has 0 unspecified atom stereocenters. The molecule has 0 amide bonds. The summed E-state index contributed by atoms with van der Waals surface area (Å²) in [5.74, 6) is 0.786. The van der Waals surface area contributed by atoms with E-state index in [2.05, 4.69) is 22.0 Å². The Labute approximate surface area is 87.6 Å². The first-order valence-corrected chi connectivity index (χ1v) is 4.84. The summed E-state index contributed by atoms with van der Waals surface area (Å²) in [6, 6.07) is 1.75. The van der Waals surface area contributed by atoms with Gasteiger partial charge in [-0.25, -0.2) is 4.98 Å². The first-order chi connectivity index (χ1) is 6.81. The zero-order valence-electron chi connectivity index (χ0n) is 7.65. The molecule has 14 heavy (non-hydrogen) atoms. The van der Waals surface area contributed by atoms with Gasteiger partial charge in [-0.05, 0) is 11.6 Å². The first kappa shape index (κ1) is 9.49. The Hall–Kier alpha value is -1.06. The number of anilines is 1. The Balaban J connectivity index is 2.26. The average Bonchev–Trinajstić information content (AvgIpc) is 2.70. The normalized spacial score (nSPS) is 15.1. The van der Waals surface area contributed by atoms with Gasteiger partial charge in [0.2, 0.25) is 0 Å². The fraction of sp³-hybridized carbons (Fsp3) is 0.300. The molecular formula is C10H11ClN2O. The summed E-state index contributed by atoms with van der Waals surface area (Å²) in [6.07, 6.45) is 5.81. The van der Waals surface area contributed by atoms with E-state index in [1.165, 1.54) is 0 Å². The fourth-order valence-electron chi connectivity index (χ4n) is 1.44. The van der Waals surface area contributed by atoms with Crippen molar-refractivity contribution in [1.82, 2.24) is 4.98 Å². The van der Waals surface area contributed by atoms with E-state index in [9.17, 15) is 0 Å². The molecule has 3 nitrogen and oxygen atoms in total. The maximum Gasteiger partial charge on any atom is 0.147 e. The standard InChI is InChI=1S/C10H11ClN2O/c11-9-5-8(7-14)6-12-10(9)13-3-1-2-4-13/h1-2,5-6,14H,3-4,7H2. The number of aliphatic hydroxyl groups is 1. The van der Waals surface area contributed by atoms with Crippen molar-refractivity contribution in [3.05, 3.63) is 35.0 Å². The number of pyridine rings is 1. The van der Waals surface area contributed by atoms with Gasteiger partial charge < -0.3 is 10.0 Å². The average molecular weight is 211 g/mol. The molecule has 0 aromatic carbocycles. The van der Waals surface area contributed by atoms with Crippen molar-refractivity contribution in [2.75, 3.05) is 18.0 Å². The Morgan fingerprint density at radius 3 is 2.71 bits per heavy atom. The molecule has 1 N–H and O–H groups in total. The molecule has 0 bridgehead atoms. The van der Waals surface area contributed by atoms with Crippen LogP contribution in [0.2, 0.25) is 5.02 Å². The maximum absolute atomic E-state index is 8.89. The minimum atomic E-state index is -0.0226. The fourth-order valence-corrected chi connectivity index (χ4v) is 1.75. The zero-order valence-corrected chi connectivity index (χ0v) is 8.41. The van der Waals surface area contributed by atoms with Crippen LogP contribution >= 0.6 is 11.6 Å². The molecular weight excluding hydrogens is 200 g/mol. The molecule has 0 aliphatic carbocycles. The second kappa shape index (κ2) is 3.98. The molecule has 0 saturated carbocycles. The third-order valence-corrected chi connectivity index (χ3v) is 2.46. The molecule has 2 rings (SSSR count). The lowest BCUT2D eigenvalue weighted by molar-refractivity contribution is 0.281. The molecule has 74 valence electrons. The molecule has 4 heteroatoms. The summed E-state index contributed by atoms with van der Waals surface area (Å²) < 4.78 is 0. The molecule has 2 heterocycles. The quantitative estimate of drug-likeness (QED) is 0.754. The molecule has 0 atom stereocenters. The van der Waals surface area contributed by atoms with E-state index in [0.717, 1.165) is 24.5 Å². The highest BCUT2D eigenvalue weighted by atomic mass is 35.5. The summed E-state index contributed by atoms with van der Waals surface area (Å²) in [5.41, 5.74) is 0.742. The Bertz CT molecular complexity index is 357. The highest BCUT2D eigenvalue weighted by molar-refractivity contribution is 6.33. The summed E-state index contributed by atoms with van der Waals surface area (Å²) in [5, 5.41) is 9.49. The summed E-state index contributed by atoms with van der Waals surface area (Å²) >= 11 is 6.05. The van der Waals surface area contributed by atoms with E-state index in [0.29, 0.717) is 5.02 Å². The van der Waals surface area contributed by atoms with Gasteiger partial charge in [0.1, 0.15) is 5.82 Å². The predicted molar refractivity (Wildman–Crippen MR) is 56.5 cm³/mol. The second-order valence-corrected chi connectivity index (χ2v) is 3.59. The molecule has 1 aromatic rings. The number of hydrogen-bond donors (Lipinski definition) is 1. The van der Waals surface area contributed by atoms with Gasteiger partial charge in [0.25, 0.3) is 0 Å². The third kappa shape index (κ3) is 1.74. The summed E-state index contributed by atoms with van der Waals surface area (Å²) in [4.78, 5) is 6.30. The van der Waals surface area contributed by atoms with Crippen LogP contribution in [0.4, 0.5) is 5.82 Å². The number of nitrogens with zero attached hydrogens (tertiary/aromatic N) is 2. The van der Waals surface area contributed by atoms with Crippen molar-refractivity contribution in [3.63, 3.8) is 0 Å². The van der Waals surface area contributed by atoms with Gasteiger partial charge in [-0.15, -0.1) is 0 Å². The van der Waals surface area contributed by atoms with Gasteiger partial charge in [0, 0.05) is 19.3 Å². The van der Waals surface area contributed by atoms with Crippen molar-refractivity contribution in [2.24, 2.45) is 0 Å². The molecule has 0 spiro atoms. The van der Waals surface area contributed by atoms with Gasteiger partial charge in [-0.1, -0.05) is 23.8 Å². The van der Waals surface area contributed by atoms with Crippen LogP contribution in [-0.2, 0) is 6.61 Å². The van der Waals surface area contributed by atoms with E-state index in [1.54, 1.807) is 12.3 Å². The number of hydrogen-bond acceptors (Lipinski definition) is 3. The predicted octanol–water partition coefficient (Wildman–Crippen LogP) is 1.60. The summed E-state index contributed by atoms with van der Waals surface area (Å²) in [7, 11) is 0. The van der Waals surface area contributed by atoms with Gasteiger partial charge in [-0.3, -0.25) is 0 Å². The smallest absolute Gasteiger partial charge is 0.147 e. The van der Waals surface area contributed by atoms with Crippen LogP contribution in [0.25, 0.3) is 0 Å². The lowest BCUT2D eigenvalue weighted by atomic mass is 10.3. The van der Waals surface area contributed by atoms with Crippen molar-refractivity contribution in [3.8, 4) is 0 Å². The largest absolute Gasteiger partial charge is 0.392 e. The molecule has 0 radical (unpaired) electrons. The third-order valence-electron chi connectivity index (χ3n) is 2.18. The minimum absolute atomic E-state index is 0.0226. The van der Waals surface area contributed by atoms with Crippen molar-refractivity contribution in [2.45, 2.75) is 6.61 Å².